The second kappa shape index (κ2) is 17.0. The lowest BCUT2D eigenvalue weighted by Gasteiger charge is -2.20. The number of nitrogens with one attached hydrogen (secondary N) is 2. The minimum absolute atomic E-state index is 0.0536. The van der Waals surface area contributed by atoms with Crippen LogP contribution in [0.15, 0.2) is 63.0 Å². The van der Waals surface area contributed by atoms with E-state index in [-0.39, 0.29) is 30.7 Å². The summed E-state index contributed by atoms with van der Waals surface area (Å²) in [6, 6.07) is 9.42. The number of aliphatic hydroxyl groups is 2. The summed E-state index contributed by atoms with van der Waals surface area (Å²) in [5, 5.41) is 23.5. The fraction of sp³-hybridized carbons (Fsp3) is 0.483. The van der Waals surface area contributed by atoms with E-state index >= 15 is 0 Å². The van der Waals surface area contributed by atoms with E-state index in [9.17, 15) is 29.3 Å². The van der Waals surface area contributed by atoms with E-state index in [1.807, 2.05) is 49.7 Å². The van der Waals surface area contributed by atoms with Gasteiger partial charge in [0.25, 0.3) is 0 Å². The van der Waals surface area contributed by atoms with E-state index in [4.69, 9.17) is 30.9 Å². The van der Waals surface area contributed by atoms with Crippen molar-refractivity contribution in [2.75, 3.05) is 18.9 Å². The summed E-state index contributed by atoms with van der Waals surface area (Å²) in [4.78, 5) is 46.8. The van der Waals surface area contributed by atoms with Crippen molar-refractivity contribution in [2.24, 2.45) is 22.4 Å². The monoisotopic (exact) mass is 707 g/mol. The van der Waals surface area contributed by atoms with Gasteiger partial charge in [0.1, 0.15) is 30.2 Å². The lowest BCUT2D eigenvalue weighted by atomic mass is 10.0. The maximum absolute atomic E-state index is 12.9. The number of hydrogen-bond acceptors (Lipinski definition) is 14. The number of carbonyl (C=O) groups excluding carboxylic acids is 1. The van der Waals surface area contributed by atoms with E-state index < -0.39 is 62.6 Å². The number of nitrogen functional groups attached to an aromatic ring is 1. The Bertz CT molecular complexity index is 1670. The molecule has 20 heteroatoms. The van der Waals surface area contributed by atoms with Crippen LogP contribution in [0.3, 0.4) is 0 Å². The van der Waals surface area contributed by atoms with Crippen LogP contribution in [0.1, 0.15) is 51.3 Å². The zero-order valence-corrected chi connectivity index (χ0v) is 27.8. The van der Waals surface area contributed by atoms with Crippen molar-refractivity contribution < 1.29 is 42.8 Å². The van der Waals surface area contributed by atoms with Gasteiger partial charge in [0, 0.05) is 18.3 Å². The molecule has 0 aliphatic carbocycles. The topological polar surface area (TPSA) is 298 Å². The molecular weight excluding hydrogens is 665 g/mol. The highest BCUT2D eigenvalue weighted by Gasteiger charge is 2.45. The first kappa shape index (κ1) is 37.6. The highest BCUT2D eigenvalue weighted by atomic mass is 31.2. The molecule has 0 spiro atoms. The van der Waals surface area contributed by atoms with E-state index in [1.54, 1.807) is 6.20 Å². The van der Waals surface area contributed by atoms with Crippen LogP contribution in [0, 0.1) is 5.92 Å². The van der Waals surface area contributed by atoms with Gasteiger partial charge in [0.15, 0.2) is 12.0 Å². The largest absolute Gasteiger partial charge is 0.493 e. The molecule has 4 rings (SSSR count). The minimum atomic E-state index is -4.81. The molecule has 49 heavy (non-hydrogen) atoms. The van der Waals surface area contributed by atoms with E-state index in [2.05, 4.69) is 24.9 Å². The molecule has 3 heterocycles. The zero-order valence-electron chi connectivity index (χ0n) is 26.9. The number of aliphatic hydroxyl groups excluding tert-OH is 2. The molecule has 0 saturated carbocycles. The molecule has 11 N–H and O–H groups in total. The Morgan fingerprint density at radius 3 is 2.63 bits per heavy atom. The number of ether oxygens (including phenoxy) is 1. The first-order valence-electron chi connectivity index (χ1n) is 15.4. The lowest BCUT2D eigenvalue weighted by Crippen LogP contribution is -2.42. The Morgan fingerprint density at radius 1 is 1.20 bits per heavy atom. The third kappa shape index (κ3) is 10.6. The molecule has 19 nitrogen and oxygen atoms in total. The van der Waals surface area contributed by atoms with Crippen molar-refractivity contribution in [3.05, 3.63) is 65.2 Å². The molecule has 268 valence electrons. The first-order valence-corrected chi connectivity index (χ1v) is 16.9. The normalized spacial score (nSPS) is 22.1. The third-order valence-corrected chi connectivity index (χ3v) is 8.12. The summed E-state index contributed by atoms with van der Waals surface area (Å²) in [7, 11) is -4.81. The fourth-order valence-corrected chi connectivity index (χ4v) is 5.44. The number of nitrogens with two attached hydrogens (primary N) is 3. The number of carbonyl (C=O) groups is 1. The fourth-order valence-electron chi connectivity index (χ4n) is 4.84. The van der Waals surface area contributed by atoms with Crippen molar-refractivity contribution in [1.29, 1.82) is 0 Å². The van der Waals surface area contributed by atoms with Crippen molar-refractivity contribution in [2.45, 2.75) is 69.7 Å². The standard InChI is InChI=1S/C29H42N9O10P/c1-16(2)13-19(26-34-14-20(46-26)17-7-4-3-5-8-17)35-25(41)18(30)9-6-11-33-28(32)37-48-49(43,44)45-15-21-23(39)24(40)27(47-21)38-12-10-22(31)36-29(38)42/h3-5,7-8,10,12,14,16,18-19,21,23-24,27,39-40H,6,9,11,13,15,30H2,1-2H3,(H,35,41)(H,43,44)(H2,31,36,42)(H3,32,33,37)/t18?,19?,21-,23-,24-,27-/m1/s1. The second-order valence-corrected chi connectivity index (χ2v) is 13.1. The van der Waals surface area contributed by atoms with Gasteiger partial charge in [-0.15, -0.1) is 0 Å². The number of phosphoric acid groups is 1. The quantitative estimate of drug-likeness (QED) is 0.0321. The van der Waals surface area contributed by atoms with Gasteiger partial charge in [-0.1, -0.05) is 44.2 Å². The van der Waals surface area contributed by atoms with Crippen LogP contribution >= 0.6 is 7.82 Å². The molecule has 0 bridgehead atoms. The molecular formula is C29H42N9O10P. The number of rotatable bonds is 16. The summed E-state index contributed by atoms with van der Waals surface area (Å²) in [5.41, 5.74) is 19.3. The molecule has 1 aliphatic heterocycles. The van der Waals surface area contributed by atoms with Gasteiger partial charge in [-0.05, 0) is 31.2 Å². The van der Waals surface area contributed by atoms with Crippen LogP contribution in [0.2, 0.25) is 0 Å². The number of hydroxylamine groups is 1. The molecule has 0 radical (unpaired) electrons. The zero-order chi connectivity index (χ0) is 35.7. The van der Waals surface area contributed by atoms with Crippen molar-refractivity contribution >= 4 is 25.5 Å². The highest BCUT2D eigenvalue weighted by molar-refractivity contribution is 7.47. The van der Waals surface area contributed by atoms with Crippen molar-refractivity contribution in [3.8, 4) is 11.3 Å². The van der Waals surface area contributed by atoms with Gasteiger partial charge in [-0.3, -0.25) is 18.9 Å². The predicted octanol–water partition coefficient (Wildman–Crippen LogP) is 0.0637. The van der Waals surface area contributed by atoms with Gasteiger partial charge in [0.05, 0.1) is 18.8 Å². The Morgan fingerprint density at radius 2 is 1.94 bits per heavy atom. The van der Waals surface area contributed by atoms with E-state index in [0.717, 1.165) is 10.1 Å². The number of oxazole rings is 1. The van der Waals surface area contributed by atoms with Crippen molar-refractivity contribution in [3.63, 3.8) is 0 Å². The molecule has 3 unspecified atom stereocenters. The second-order valence-electron chi connectivity index (χ2n) is 11.7. The Balaban J connectivity index is 1.19. The van der Waals surface area contributed by atoms with Gasteiger partial charge < -0.3 is 46.8 Å². The number of amides is 1. The van der Waals surface area contributed by atoms with Gasteiger partial charge in [-0.2, -0.15) is 9.61 Å². The highest BCUT2D eigenvalue weighted by Crippen LogP contribution is 2.43. The van der Waals surface area contributed by atoms with Crippen LogP contribution in [-0.2, 0) is 23.2 Å². The van der Waals surface area contributed by atoms with Gasteiger partial charge >= 0.3 is 13.5 Å². The van der Waals surface area contributed by atoms with E-state index in [1.165, 1.54) is 12.3 Å². The average Bonchev–Trinajstić information content (AvgIpc) is 3.66. The molecule has 3 aromatic rings. The van der Waals surface area contributed by atoms with E-state index in [0.29, 0.717) is 24.5 Å². The summed E-state index contributed by atoms with van der Waals surface area (Å²) in [5.74, 6) is 0.379. The summed E-state index contributed by atoms with van der Waals surface area (Å²) >= 11 is 0. The number of hydrogen-bond donors (Lipinski definition) is 8. The number of aromatic nitrogens is 3. The van der Waals surface area contributed by atoms with Crippen LogP contribution in [0.25, 0.3) is 11.3 Å². The van der Waals surface area contributed by atoms with Crippen LogP contribution < -0.4 is 33.7 Å². The minimum Gasteiger partial charge on any atom is -0.438 e. The van der Waals surface area contributed by atoms with Crippen LogP contribution in [0.4, 0.5) is 5.82 Å². The predicted molar refractivity (Wildman–Crippen MR) is 175 cm³/mol. The number of aliphatic imine (C=N–C) groups is 1. The summed E-state index contributed by atoms with van der Waals surface area (Å²) in [6.45, 7) is 3.42. The first-order chi connectivity index (χ1) is 23.2. The van der Waals surface area contributed by atoms with Crippen LogP contribution in [-0.4, -0.2) is 79.0 Å². The number of guanidine groups is 1. The van der Waals surface area contributed by atoms with Crippen molar-refractivity contribution in [1.82, 2.24) is 25.3 Å². The summed E-state index contributed by atoms with van der Waals surface area (Å²) < 4.78 is 34.1. The smallest absolute Gasteiger partial charge is 0.438 e. The number of phosphoric ester groups is 1. The molecule has 1 aliphatic rings. The third-order valence-electron chi connectivity index (χ3n) is 7.33. The van der Waals surface area contributed by atoms with Gasteiger partial charge in [0.2, 0.25) is 17.8 Å². The SMILES string of the molecule is CC(C)CC(NC(=O)C(N)CCCN=C(N)NOP(=O)(O)OC[C@H]1O[C@@H](n2ccc(N)nc2=O)[C@H](O)[C@@H]1O)c1ncc(-c2ccccc2)o1. The maximum Gasteiger partial charge on any atom is 0.493 e. The molecule has 1 amide bonds. The van der Waals surface area contributed by atoms with Gasteiger partial charge in [-0.25, -0.2) is 19.8 Å². The lowest BCUT2D eigenvalue weighted by molar-refractivity contribution is -0.123. The Hall–Kier alpha value is -4.20. The number of nitrogens with zero attached hydrogens (tertiary/aromatic N) is 4. The number of benzene rings is 1. The Labute approximate surface area is 281 Å². The maximum atomic E-state index is 12.9. The average molecular weight is 708 g/mol. The van der Waals surface area contributed by atoms with Crippen LogP contribution in [0.5, 0.6) is 0 Å². The Kier molecular flexibility index (Phi) is 13.0. The summed E-state index contributed by atoms with van der Waals surface area (Å²) in [6.07, 6.45) is -1.84. The molecule has 7 atom stereocenters. The number of anilines is 1. The molecule has 2 aromatic heterocycles. The molecule has 1 saturated heterocycles. The molecule has 1 fully saturated rings. The molecule has 1 aromatic carbocycles.